The molecule has 0 bridgehead atoms. The number of aryl methyl sites for hydroxylation is 1. The van der Waals surface area contributed by atoms with Gasteiger partial charge in [0.1, 0.15) is 6.20 Å². The molecule has 0 unspecified atom stereocenters. The molecule has 0 aliphatic carbocycles. The van der Waals surface area contributed by atoms with Crippen LogP contribution in [-0.4, -0.2) is 37.5 Å². The Balaban J connectivity index is 1.60. The van der Waals surface area contributed by atoms with E-state index in [1.54, 1.807) is 16.9 Å². The van der Waals surface area contributed by atoms with E-state index in [0.29, 0.717) is 21.9 Å². The standard InChI is InChI=1S/C17H16BrClN6O4/c1-29-17-14(25(27)28)10-23(22-17)7-6-15(26)20-16-12(18)9-24(21-16)8-11-4-2-3-5-13(11)19/h2-5,9-10H,6-8H2,1H3,(H,20,21,26). The Morgan fingerprint density at radius 1 is 1.31 bits per heavy atom. The van der Waals surface area contributed by atoms with Gasteiger partial charge in [-0.2, -0.15) is 5.10 Å². The summed E-state index contributed by atoms with van der Waals surface area (Å²) in [6.07, 6.45) is 3.01. The van der Waals surface area contributed by atoms with Crippen molar-refractivity contribution >= 4 is 44.9 Å². The number of benzene rings is 1. The highest BCUT2D eigenvalue weighted by molar-refractivity contribution is 9.10. The van der Waals surface area contributed by atoms with Crippen molar-refractivity contribution in [1.82, 2.24) is 19.6 Å². The van der Waals surface area contributed by atoms with Gasteiger partial charge in [-0.3, -0.25) is 24.3 Å². The van der Waals surface area contributed by atoms with E-state index in [-0.39, 0.29) is 30.4 Å². The van der Waals surface area contributed by atoms with Gasteiger partial charge < -0.3 is 10.1 Å². The van der Waals surface area contributed by atoms with E-state index in [9.17, 15) is 14.9 Å². The normalized spacial score (nSPS) is 10.7. The van der Waals surface area contributed by atoms with Crippen LogP contribution in [0.4, 0.5) is 11.5 Å². The minimum Gasteiger partial charge on any atom is -0.475 e. The number of carbonyl (C=O) groups is 1. The SMILES string of the molecule is COc1nn(CCC(=O)Nc2nn(Cc3ccccc3Cl)cc2Br)cc1[N+](=O)[O-]. The van der Waals surface area contributed by atoms with Crippen molar-refractivity contribution in [2.24, 2.45) is 0 Å². The van der Waals surface area contributed by atoms with Crippen molar-refractivity contribution in [3.8, 4) is 5.88 Å². The summed E-state index contributed by atoms with van der Waals surface area (Å²) >= 11 is 9.54. The van der Waals surface area contributed by atoms with Crippen LogP contribution in [0.25, 0.3) is 0 Å². The van der Waals surface area contributed by atoms with Gasteiger partial charge in [0.2, 0.25) is 5.91 Å². The van der Waals surface area contributed by atoms with Gasteiger partial charge in [0.15, 0.2) is 5.82 Å². The fourth-order valence-corrected chi connectivity index (χ4v) is 3.16. The molecule has 0 radical (unpaired) electrons. The smallest absolute Gasteiger partial charge is 0.350 e. The van der Waals surface area contributed by atoms with Gasteiger partial charge in [-0.25, -0.2) is 0 Å². The quantitative estimate of drug-likeness (QED) is 0.387. The zero-order chi connectivity index (χ0) is 21.0. The first-order valence-electron chi connectivity index (χ1n) is 8.39. The molecule has 3 aromatic rings. The van der Waals surface area contributed by atoms with Gasteiger partial charge in [0, 0.05) is 17.6 Å². The van der Waals surface area contributed by atoms with Crippen molar-refractivity contribution in [2.75, 3.05) is 12.4 Å². The van der Waals surface area contributed by atoms with E-state index in [4.69, 9.17) is 16.3 Å². The first kappa shape index (κ1) is 20.8. The number of nitrogens with zero attached hydrogens (tertiary/aromatic N) is 5. The lowest BCUT2D eigenvalue weighted by atomic mass is 10.2. The lowest BCUT2D eigenvalue weighted by molar-refractivity contribution is -0.385. The molecule has 0 spiro atoms. The number of amides is 1. The fourth-order valence-electron chi connectivity index (χ4n) is 2.55. The summed E-state index contributed by atoms with van der Waals surface area (Å²) in [7, 11) is 1.29. The second kappa shape index (κ2) is 9.05. The Morgan fingerprint density at radius 3 is 2.72 bits per heavy atom. The predicted molar refractivity (Wildman–Crippen MR) is 109 cm³/mol. The Hall–Kier alpha value is -2.92. The minimum atomic E-state index is -0.592. The third kappa shape index (κ3) is 5.12. The van der Waals surface area contributed by atoms with E-state index < -0.39 is 4.92 Å². The van der Waals surface area contributed by atoms with Crippen molar-refractivity contribution in [3.63, 3.8) is 0 Å². The van der Waals surface area contributed by atoms with Gasteiger partial charge in [-0.05, 0) is 27.6 Å². The lowest BCUT2D eigenvalue weighted by Crippen LogP contribution is -2.15. The highest BCUT2D eigenvalue weighted by atomic mass is 79.9. The van der Waals surface area contributed by atoms with E-state index in [2.05, 4.69) is 31.4 Å². The summed E-state index contributed by atoms with van der Waals surface area (Å²) in [4.78, 5) is 22.6. The van der Waals surface area contributed by atoms with E-state index in [1.807, 2.05) is 18.2 Å². The molecule has 12 heteroatoms. The molecular weight excluding hydrogens is 468 g/mol. The van der Waals surface area contributed by atoms with Gasteiger partial charge in [-0.15, -0.1) is 5.10 Å². The van der Waals surface area contributed by atoms with E-state index in [1.165, 1.54) is 18.0 Å². The summed E-state index contributed by atoms with van der Waals surface area (Å²) in [5.74, 6) is -0.0478. The third-order valence-corrected chi connectivity index (χ3v) is 4.88. The molecule has 2 aromatic heterocycles. The average molecular weight is 484 g/mol. The van der Waals surface area contributed by atoms with Crippen LogP contribution in [0.15, 0.2) is 41.1 Å². The number of aromatic nitrogens is 4. The first-order chi connectivity index (χ1) is 13.9. The summed E-state index contributed by atoms with van der Waals surface area (Å²) in [5.41, 5.74) is 0.644. The fraction of sp³-hybridized carbons (Fsp3) is 0.235. The molecule has 0 atom stereocenters. The molecular formula is C17H16BrClN6O4. The molecule has 0 aliphatic heterocycles. The molecule has 152 valence electrons. The topological polar surface area (TPSA) is 117 Å². The molecule has 0 fully saturated rings. The van der Waals surface area contributed by atoms with Crippen molar-refractivity contribution in [1.29, 1.82) is 0 Å². The second-order valence-corrected chi connectivity index (χ2v) is 7.22. The number of anilines is 1. The molecule has 3 rings (SSSR count). The van der Waals surface area contributed by atoms with Gasteiger partial charge in [-0.1, -0.05) is 29.8 Å². The van der Waals surface area contributed by atoms with Crippen LogP contribution in [-0.2, 0) is 17.9 Å². The van der Waals surface area contributed by atoms with Crippen LogP contribution in [0, 0.1) is 10.1 Å². The van der Waals surface area contributed by atoms with Gasteiger partial charge in [0.25, 0.3) is 0 Å². The zero-order valence-electron chi connectivity index (χ0n) is 15.2. The van der Waals surface area contributed by atoms with Crippen LogP contribution >= 0.6 is 27.5 Å². The highest BCUT2D eigenvalue weighted by Gasteiger charge is 2.20. The second-order valence-electron chi connectivity index (χ2n) is 5.96. The maximum Gasteiger partial charge on any atom is 0.350 e. The van der Waals surface area contributed by atoms with Crippen LogP contribution in [0.2, 0.25) is 5.02 Å². The number of hydrogen-bond acceptors (Lipinski definition) is 6. The Labute approximate surface area is 178 Å². The summed E-state index contributed by atoms with van der Waals surface area (Å²) < 4.78 is 8.43. The molecule has 0 saturated carbocycles. The van der Waals surface area contributed by atoms with E-state index in [0.717, 1.165) is 5.56 Å². The van der Waals surface area contributed by atoms with Crippen LogP contribution in [0.3, 0.4) is 0 Å². The van der Waals surface area contributed by atoms with Crippen molar-refractivity contribution < 1.29 is 14.5 Å². The predicted octanol–water partition coefficient (Wildman–Crippen LogP) is 3.49. The molecule has 29 heavy (non-hydrogen) atoms. The molecule has 1 amide bonds. The Kier molecular flexibility index (Phi) is 6.49. The molecule has 10 nitrogen and oxygen atoms in total. The summed E-state index contributed by atoms with van der Waals surface area (Å²) in [6.45, 7) is 0.596. The van der Waals surface area contributed by atoms with E-state index >= 15 is 0 Å². The molecule has 0 saturated heterocycles. The molecule has 1 N–H and O–H groups in total. The summed E-state index contributed by atoms with van der Waals surface area (Å²) in [5, 5.41) is 22.5. The number of ether oxygens (including phenoxy) is 1. The van der Waals surface area contributed by atoms with Crippen LogP contribution < -0.4 is 10.1 Å². The number of methoxy groups -OCH3 is 1. The van der Waals surface area contributed by atoms with Crippen LogP contribution in [0.5, 0.6) is 5.88 Å². The minimum absolute atomic E-state index is 0.0474. The maximum atomic E-state index is 12.2. The Morgan fingerprint density at radius 2 is 2.07 bits per heavy atom. The molecule has 0 aliphatic rings. The van der Waals surface area contributed by atoms with Gasteiger partial charge in [0.05, 0.1) is 29.6 Å². The zero-order valence-corrected chi connectivity index (χ0v) is 17.6. The lowest BCUT2D eigenvalue weighted by Gasteiger charge is -2.05. The first-order valence-corrected chi connectivity index (χ1v) is 9.56. The maximum absolute atomic E-state index is 12.2. The average Bonchev–Trinajstić information content (AvgIpc) is 3.25. The number of halogens is 2. The van der Waals surface area contributed by atoms with Crippen molar-refractivity contribution in [2.45, 2.75) is 19.5 Å². The summed E-state index contributed by atoms with van der Waals surface area (Å²) in [6, 6.07) is 7.43. The third-order valence-electron chi connectivity index (χ3n) is 3.93. The number of nitro groups is 1. The number of rotatable bonds is 8. The van der Waals surface area contributed by atoms with Gasteiger partial charge >= 0.3 is 11.6 Å². The molecule has 1 aromatic carbocycles. The monoisotopic (exact) mass is 482 g/mol. The largest absolute Gasteiger partial charge is 0.475 e. The Bertz CT molecular complexity index is 1050. The van der Waals surface area contributed by atoms with Crippen LogP contribution in [0.1, 0.15) is 12.0 Å². The molecule has 2 heterocycles. The van der Waals surface area contributed by atoms with Crippen molar-refractivity contribution in [3.05, 3.63) is 61.8 Å². The number of nitrogens with one attached hydrogen (secondary N) is 1. The highest BCUT2D eigenvalue weighted by Crippen LogP contribution is 2.25. The number of hydrogen-bond donors (Lipinski definition) is 1. The number of carbonyl (C=O) groups excluding carboxylic acids is 1.